The average Bonchev–Trinajstić information content (AvgIpc) is 3.35. The zero-order valence-electron chi connectivity index (χ0n) is 16.7. The predicted molar refractivity (Wildman–Crippen MR) is 104 cm³/mol. The summed E-state index contributed by atoms with van der Waals surface area (Å²) < 4.78 is 68.5. The highest BCUT2D eigenvalue weighted by Gasteiger charge is 2.37. The Morgan fingerprint density at radius 2 is 2.19 bits per heavy atom. The Bertz CT molecular complexity index is 1120. The number of aryl methyl sites for hydroxylation is 1. The van der Waals surface area contributed by atoms with Crippen molar-refractivity contribution in [1.82, 2.24) is 14.8 Å². The normalized spacial score (nSPS) is 18.9. The lowest BCUT2D eigenvalue weighted by Crippen LogP contribution is -2.32. The molecule has 168 valence electrons. The molecule has 0 bridgehead atoms. The lowest BCUT2D eigenvalue weighted by atomic mass is 10.1. The Labute approximate surface area is 177 Å². The number of aromatic nitrogens is 3. The maximum absolute atomic E-state index is 13.4. The molecule has 2 aliphatic rings. The molecular formula is C18H20F3N5O4S. The number of halogens is 3. The summed E-state index contributed by atoms with van der Waals surface area (Å²) in [6.45, 7) is 1.87. The lowest BCUT2D eigenvalue weighted by Gasteiger charge is -2.22. The van der Waals surface area contributed by atoms with E-state index in [0.717, 1.165) is 0 Å². The van der Waals surface area contributed by atoms with E-state index in [0.29, 0.717) is 37.1 Å². The second kappa shape index (κ2) is 8.11. The van der Waals surface area contributed by atoms with Crippen molar-refractivity contribution in [1.29, 1.82) is 0 Å². The van der Waals surface area contributed by atoms with E-state index in [1.165, 1.54) is 24.9 Å². The van der Waals surface area contributed by atoms with E-state index in [2.05, 4.69) is 19.8 Å². The summed E-state index contributed by atoms with van der Waals surface area (Å²) in [5.41, 5.74) is -0.336. The minimum atomic E-state index is -4.65. The molecule has 0 fully saturated rings. The van der Waals surface area contributed by atoms with Crippen LogP contribution >= 0.6 is 0 Å². The van der Waals surface area contributed by atoms with Crippen LogP contribution in [0.25, 0.3) is 0 Å². The van der Waals surface area contributed by atoms with Gasteiger partial charge in [0.2, 0.25) is 5.88 Å². The zero-order chi connectivity index (χ0) is 22.3. The smallest absolute Gasteiger partial charge is 0.433 e. The Morgan fingerprint density at radius 3 is 2.90 bits per heavy atom. The van der Waals surface area contributed by atoms with Gasteiger partial charge >= 0.3 is 12.2 Å². The van der Waals surface area contributed by atoms with Gasteiger partial charge in [0, 0.05) is 18.4 Å². The average molecular weight is 459 g/mol. The van der Waals surface area contributed by atoms with Crippen LogP contribution in [0, 0.1) is 6.92 Å². The highest BCUT2D eigenvalue weighted by Crippen LogP contribution is 2.38. The summed E-state index contributed by atoms with van der Waals surface area (Å²) in [5, 5.41) is 6.46. The molecule has 9 nitrogen and oxygen atoms in total. The summed E-state index contributed by atoms with van der Waals surface area (Å²) in [6.07, 6.45) is -2.04. The third-order valence-electron chi connectivity index (χ3n) is 5.24. The standard InChI is InChI=1S/C18H20F3N5O4S/c1-9-14(11-4-3-5-12(11)23-15(9)18(19,20)21)24-17(27)25-31(28)13-6-22-26-7-10(29-2)8-30-16(13)26/h6,10,31H,3-5,7-8H2,1-2H3,(H,23,24,27)/t10-/m1/s1. The van der Waals surface area contributed by atoms with Gasteiger partial charge < -0.3 is 14.8 Å². The van der Waals surface area contributed by atoms with E-state index >= 15 is 0 Å². The molecule has 31 heavy (non-hydrogen) atoms. The van der Waals surface area contributed by atoms with Gasteiger partial charge in [-0.05, 0) is 31.7 Å². The number of pyridine rings is 1. The topological polar surface area (TPSA) is 108 Å². The van der Waals surface area contributed by atoms with Crippen molar-refractivity contribution in [3.05, 3.63) is 28.7 Å². The summed E-state index contributed by atoms with van der Waals surface area (Å²) in [6, 6.07) is -1.01. The summed E-state index contributed by atoms with van der Waals surface area (Å²) in [7, 11) is -1.04. The van der Waals surface area contributed by atoms with Crippen LogP contribution in [0.3, 0.4) is 0 Å². The molecular weight excluding hydrogens is 439 g/mol. The first-order valence-corrected chi connectivity index (χ1v) is 10.7. The number of hydrogen-bond donors (Lipinski definition) is 2. The molecule has 0 saturated carbocycles. The molecule has 1 aliphatic heterocycles. The van der Waals surface area contributed by atoms with Gasteiger partial charge in [-0.15, -0.1) is 4.36 Å². The number of urea groups is 1. The van der Waals surface area contributed by atoms with Gasteiger partial charge in [-0.25, -0.2) is 18.7 Å². The molecule has 1 N–H and O–H groups in total. The molecule has 13 heteroatoms. The van der Waals surface area contributed by atoms with Crippen molar-refractivity contribution >= 4 is 22.3 Å². The molecule has 2 aromatic heterocycles. The molecule has 1 aliphatic carbocycles. The van der Waals surface area contributed by atoms with Crippen LogP contribution < -0.4 is 10.1 Å². The molecule has 2 aromatic rings. The van der Waals surface area contributed by atoms with Gasteiger partial charge in [0.05, 0.1) is 29.0 Å². The molecule has 0 aromatic carbocycles. The van der Waals surface area contributed by atoms with Crippen LogP contribution in [-0.4, -0.2) is 44.8 Å². The highest BCUT2D eigenvalue weighted by molar-refractivity contribution is 7.75. The van der Waals surface area contributed by atoms with Crippen LogP contribution in [0.2, 0.25) is 0 Å². The number of alkyl halides is 3. The van der Waals surface area contributed by atoms with E-state index in [1.807, 2.05) is 0 Å². The highest BCUT2D eigenvalue weighted by atomic mass is 32.2. The first-order chi connectivity index (χ1) is 14.7. The van der Waals surface area contributed by atoms with E-state index in [4.69, 9.17) is 9.47 Å². The van der Waals surface area contributed by atoms with Gasteiger partial charge in [-0.1, -0.05) is 0 Å². The quantitative estimate of drug-likeness (QED) is 0.684. The van der Waals surface area contributed by atoms with E-state index < -0.39 is 28.5 Å². The zero-order valence-corrected chi connectivity index (χ0v) is 17.6. The van der Waals surface area contributed by atoms with Crippen molar-refractivity contribution in [2.45, 2.75) is 49.9 Å². The number of nitrogens with zero attached hydrogens (tertiary/aromatic N) is 4. The van der Waals surface area contributed by atoms with Crippen LogP contribution in [-0.2, 0) is 40.9 Å². The maximum atomic E-state index is 13.4. The van der Waals surface area contributed by atoms with Crippen LogP contribution in [0.5, 0.6) is 5.88 Å². The molecule has 4 rings (SSSR count). The SMILES string of the molecule is CO[C@H]1COc2c(/[SH](=O)=N/C(=O)Nc3c(C)c(C(F)(F)F)nc4c3CCC4)cnn2C1. The minimum Gasteiger partial charge on any atom is -0.474 e. The first-order valence-electron chi connectivity index (χ1n) is 9.50. The molecule has 0 radical (unpaired) electrons. The number of anilines is 1. The van der Waals surface area contributed by atoms with E-state index in [9.17, 15) is 22.2 Å². The largest absolute Gasteiger partial charge is 0.474 e. The molecule has 3 heterocycles. The monoisotopic (exact) mass is 459 g/mol. The second-order valence-corrected chi connectivity index (χ2v) is 8.45. The summed E-state index contributed by atoms with van der Waals surface area (Å²) >= 11 is 0. The number of rotatable bonds is 3. The van der Waals surface area contributed by atoms with Crippen molar-refractivity contribution in [3.8, 4) is 5.88 Å². The number of carbonyl (C=O) groups is 1. The fourth-order valence-electron chi connectivity index (χ4n) is 3.73. The minimum absolute atomic E-state index is 0.0307. The van der Waals surface area contributed by atoms with Crippen molar-refractivity contribution in [2.75, 3.05) is 19.0 Å². The summed E-state index contributed by atoms with van der Waals surface area (Å²) in [5.74, 6) is 0.228. The number of thiol groups is 1. The molecule has 0 saturated heterocycles. The third kappa shape index (κ3) is 4.11. The number of hydrogen-bond acceptors (Lipinski definition) is 6. The predicted octanol–water partition coefficient (Wildman–Crippen LogP) is 2.76. The second-order valence-electron chi connectivity index (χ2n) is 7.23. The number of fused-ring (bicyclic) bond motifs is 2. The number of ether oxygens (including phenoxy) is 2. The van der Waals surface area contributed by atoms with Gasteiger partial charge in [0.1, 0.15) is 23.3 Å². The third-order valence-corrected chi connectivity index (χ3v) is 6.33. The van der Waals surface area contributed by atoms with Crippen LogP contribution in [0.4, 0.5) is 23.7 Å². The molecule has 0 spiro atoms. The van der Waals surface area contributed by atoms with Crippen molar-refractivity contribution in [2.24, 2.45) is 4.36 Å². The molecule has 2 amide bonds. The fourth-order valence-corrected chi connectivity index (χ4v) is 4.55. The Kier molecular flexibility index (Phi) is 5.64. The maximum Gasteiger partial charge on any atom is 0.433 e. The molecule has 2 atom stereocenters. The van der Waals surface area contributed by atoms with Gasteiger partial charge in [0.25, 0.3) is 0 Å². The number of methoxy groups -OCH3 is 1. The summed E-state index contributed by atoms with van der Waals surface area (Å²) in [4.78, 5) is 16.3. The fraction of sp³-hybridized carbons (Fsp3) is 0.500. The van der Waals surface area contributed by atoms with Gasteiger partial charge in [-0.2, -0.15) is 18.3 Å². The van der Waals surface area contributed by atoms with Gasteiger partial charge in [0.15, 0.2) is 0 Å². The van der Waals surface area contributed by atoms with Crippen molar-refractivity contribution < 1.29 is 31.6 Å². The Hall–Kier alpha value is -2.67. The number of amides is 2. The van der Waals surface area contributed by atoms with Crippen molar-refractivity contribution in [3.63, 3.8) is 0 Å². The van der Waals surface area contributed by atoms with E-state index in [1.54, 1.807) is 0 Å². The van der Waals surface area contributed by atoms with Crippen LogP contribution in [0.1, 0.15) is 28.9 Å². The van der Waals surface area contributed by atoms with E-state index in [-0.39, 0.29) is 34.7 Å². The Morgan fingerprint density at radius 1 is 1.42 bits per heavy atom. The lowest BCUT2D eigenvalue weighted by molar-refractivity contribution is -0.141. The molecule has 1 unspecified atom stereocenters. The first kappa shape index (κ1) is 21.6. The number of nitrogens with one attached hydrogen (secondary N) is 1. The number of carbonyl (C=O) groups excluding carboxylic acids is 1. The van der Waals surface area contributed by atoms with Crippen LogP contribution in [0.15, 0.2) is 15.5 Å². The Balaban J connectivity index is 1.62. The van der Waals surface area contributed by atoms with Gasteiger partial charge in [-0.3, -0.25) is 0 Å².